The Morgan fingerprint density at radius 1 is 0.327 bits per heavy atom. The lowest BCUT2D eigenvalue weighted by molar-refractivity contribution is 0.661. The third kappa shape index (κ3) is 5.80. The highest BCUT2D eigenvalue weighted by Gasteiger charge is 2.35. The van der Waals surface area contributed by atoms with Gasteiger partial charge in [-0.25, -0.2) is 19.9 Å². The van der Waals surface area contributed by atoms with Gasteiger partial charge in [-0.15, -0.1) is 0 Å². The number of rotatable bonds is 6. The average Bonchev–Trinajstić information content (AvgIpc) is 3.48. The maximum absolute atomic E-state index is 5.48. The van der Waals surface area contributed by atoms with Crippen LogP contribution in [0.5, 0.6) is 0 Å². The minimum Gasteiger partial charge on any atom is -0.248 e. The van der Waals surface area contributed by atoms with Crippen molar-refractivity contribution in [3.63, 3.8) is 0 Å². The molecule has 1 aliphatic carbocycles. The standard InChI is InChI=1S/C51H36N4/c1-51(2)44-26-16-15-25-40(44)42-30-43-41(34-19-9-4-10-20-34)31-46(52-47(43)32-45(42)51)38-27-37(33-17-7-3-8-18-33)28-39(29-38)50-54-48(35-21-11-5-12-22-35)53-49(55-50)36-23-13-6-14-24-36/h3-32H,1-2H3. The van der Waals surface area contributed by atoms with Gasteiger partial charge >= 0.3 is 0 Å². The summed E-state index contributed by atoms with van der Waals surface area (Å²) in [7, 11) is 0. The van der Waals surface area contributed by atoms with Gasteiger partial charge in [0.15, 0.2) is 17.5 Å². The quantitative estimate of drug-likeness (QED) is 0.173. The van der Waals surface area contributed by atoms with Crippen LogP contribution in [0.15, 0.2) is 182 Å². The Balaban J connectivity index is 1.22. The fraction of sp³-hybridized carbons (Fsp3) is 0.0588. The fourth-order valence-electron chi connectivity index (χ4n) is 8.06. The second-order valence-electron chi connectivity index (χ2n) is 14.7. The number of aromatic nitrogens is 4. The Bertz CT molecular complexity index is 2810. The molecule has 0 aliphatic heterocycles. The van der Waals surface area contributed by atoms with Crippen LogP contribution in [0.4, 0.5) is 0 Å². The molecule has 2 heterocycles. The van der Waals surface area contributed by atoms with Crippen LogP contribution in [0.3, 0.4) is 0 Å². The average molecular weight is 705 g/mol. The Kier molecular flexibility index (Phi) is 7.77. The zero-order chi connectivity index (χ0) is 36.9. The minimum absolute atomic E-state index is 0.142. The first kappa shape index (κ1) is 32.6. The normalized spacial score (nSPS) is 12.7. The van der Waals surface area contributed by atoms with Gasteiger partial charge in [0.1, 0.15) is 0 Å². The number of pyridine rings is 1. The maximum atomic E-state index is 5.48. The lowest BCUT2D eigenvalue weighted by Gasteiger charge is -2.22. The van der Waals surface area contributed by atoms with E-state index < -0.39 is 0 Å². The van der Waals surface area contributed by atoms with Crippen molar-refractivity contribution < 1.29 is 0 Å². The fourth-order valence-corrected chi connectivity index (χ4v) is 8.06. The van der Waals surface area contributed by atoms with Crippen LogP contribution in [0, 0.1) is 0 Å². The van der Waals surface area contributed by atoms with Gasteiger partial charge in [0.05, 0.1) is 11.2 Å². The number of hydrogen-bond acceptors (Lipinski definition) is 4. The van der Waals surface area contributed by atoms with E-state index in [9.17, 15) is 0 Å². The molecule has 0 amide bonds. The predicted molar refractivity (Wildman–Crippen MR) is 225 cm³/mol. The Morgan fingerprint density at radius 3 is 1.44 bits per heavy atom. The van der Waals surface area contributed by atoms with Crippen LogP contribution in [-0.4, -0.2) is 19.9 Å². The summed E-state index contributed by atoms with van der Waals surface area (Å²) >= 11 is 0. The highest BCUT2D eigenvalue weighted by Crippen LogP contribution is 2.50. The predicted octanol–water partition coefficient (Wildman–Crippen LogP) is 12.7. The second kappa shape index (κ2) is 13.1. The Hall–Kier alpha value is -7.04. The van der Waals surface area contributed by atoms with Crippen LogP contribution in [0.1, 0.15) is 25.0 Å². The summed E-state index contributed by atoms with van der Waals surface area (Å²) in [5.41, 5.74) is 15.2. The monoisotopic (exact) mass is 704 g/mol. The summed E-state index contributed by atoms with van der Waals surface area (Å²) in [6.07, 6.45) is 0. The van der Waals surface area contributed by atoms with Crippen LogP contribution >= 0.6 is 0 Å². The van der Waals surface area contributed by atoms with Gasteiger partial charge in [-0.1, -0.05) is 159 Å². The van der Waals surface area contributed by atoms with E-state index >= 15 is 0 Å². The molecule has 4 heteroatoms. The van der Waals surface area contributed by atoms with Crippen molar-refractivity contribution in [2.24, 2.45) is 0 Å². The van der Waals surface area contributed by atoms with E-state index in [2.05, 4.69) is 129 Å². The first-order valence-corrected chi connectivity index (χ1v) is 18.7. The molecule has 1 aliphatic rings. The molecule has 55 heavy (non-hydrogen) atoms. The molecule has 4 nitrogen and oxygen atoms in total. The molecule has 0 spiro atoms. The molecule has 2 aromatic heterocycles. The van der Waals surface area contributed by atoms with Crippen LogP contribution in [0.25, 0.3) is 89.7 Å². The van der Waals surface area contributed by atoms with E-state index in [1.54, 1.807) is 0 Å². The van der Waals surface area contributed by atoms with Gasteiger partial charge in [-0.3, -0.25) is 0 Å². The molecule has 0 unspecified atom stereocenters. The third-order valence-electron chi connectivity index (χ3n) is 10.9. The molecule has 0 N–H and O–H groups in total. The first-order chi connectivity index (χ1) is 27.0. The number of nitrogens with zero attached hydrogens (tertiary/aromatic N) is 4. The van der Waals surface area contributed by atoms with Gasteiger partial charge in [0.25, 0.3) is 0 Å². The van der Waals surface area contributed by atoms with Gasteiger partial charge in [-0.2, -0.15) is 0 Å². The summed E-state index contributed by atoms with van der Waals surface area (Å²) in [6, 6.07) is 63.8. The first-order valence-electron chi connectivity index (χ1n) is 18.7. The third-order valence-corrected chi connectivity index (χ3v) is 10.9. The van der Waals surface area contributed by atoms with Crippen molar-refractivity contribution in [3.05, 3.63) is 193 Å². The molecule has 9 aromatic rings. The van der Waals surface area contributed by atoms with Crippen molar-refractivity contribution in [2.75, 3.05) is 0 Å². The minimum atomic E-state index is -0.142. The van der Waals surface area contributed by atoms with Crippen LogP contribution in [-0.2, 0) is 5.41 Å². The van der Waals surface area contributed by atoms with Crippen LogP contribution in [0.2, 0.25) is 0 Å². The summed E-state index contributed by atoms with van der Waals surface area (Å²) in [6.45, 7) is 4.65. The second-order valence-corrected chi connectivity index (χ2v) is 14.7. The van der Waals surface area contributed by atoms with Gasteiger partial charge < -0.3 is 0 Å². The zero-order valence-corrected chi connectivity index (χ0v) is 30.6. The summed E-state index contributed by atoms with van der Waals surface area (Å²) in [5.74, 6) is 1.86. The van der Waals surface area contributed by atoms with Crippen molar-refractivity contribution in [1.29, 1.82) is 0 Å². The molecule has 0 bridgehead atoms. The van der Waals surface area contributed by atoms with Crippen LogP contribution < -0.4 is 0 Å². The van der Waals surface area contributed by atoms with Gasteiger partial charge in [0.2, 0.25) is 0 Å². The van der Waals surface area contributed by atoms with Gasteiger partial charge in [0, 0.05) is 33.1 Å². The maximum Gasteiger partial charge on any atom is 0.164 e. The number of benzene rings is 7. The summed E-state index contributed by atoms with van der Waals surface area (Å²) in [4.78, 5) is 20.7. The van der Waals surface area contributed by atoms with E-state index in [-0.39, 0.29) is 5.41 Å². The van der Waals surface area contributed by atoms with Crippen molar-refractivity contribution in [2.45, 2.75) is 19.3 Å². The van der Waals surface area contributed by atoms with Crippen molar-refractivity contribution >= 4 is 10.9 Å². The van der Waals surface area contributed by atoms with Gasteiger partial charge in [-0.05, 0) is 80.9 Å². The molecule has 0 saturated carbocycles. The topological polar surface area (TPSA) is 51.6 Å². The lowest BCUT2D eigenvalue weighted by atomic mass is 9.82. The SMILES string of the molecule is CC1(C)c2ccccc2-c2cc3c(-c4ccccc4)cc(-c4cc(-c5ccccc5)cc(-c5nc(-c6ccccc6)nc(-c6ccccc6)n5)c4)nc3cc21. The summed E-state index contributed by atoms with van der Waals surface area (Å²) < 4.78 is 0. The molecule has 0 fully saturated rings. The molecule has 0 saturated heterocycles. The molecule has 10 rings (SSSR count). The summed E-state index contributed by atoms with van der Waals surface area (Å²) in [5, 5.41) is 1.14. The van der Waals surface area contributed by atoms with E-state index in [1.807, 2.05) is 66.7 Å². The molecular weight excluding hydrogens is 669 g/mol. The smallest absolute Gasteiger partial charge is 0.164 e. The van der Waals surface area contributed by atoms with Crippen molar-refractivity contribution in [1.82, 2.24) is 19.9 Å². The lowest BCUT2D eigenvalue weighted by Crippen LogP contribution is -2.14. The Morgan fingerprint density at radius 2 is 0.818 bits per heavy atom. The highest BCUT2D eigenvalue weighted by atomic mass is 15.0. The molecule has 7 aromatic carbocycles. The molecule has 0 radical (unpaired) electrons. The van der Waals surface area contributed by atoms with E-state index in [1.165, 1.54) is 22.3 Å². The molecular formula is C51H36N4. The van der Waals surface area contributed by atoms with E-state index in [0.717, 1.165) is 61.1 Å². The molecule has 0 atom stereocenters. The number of fused-ring (bicyclic) bond motifs is 4. The van der Waals surface area contributed by atoms with E-state index in [4.69, 9.17) is 19.9 Å². The highest BCUT2D eigenvalue weighted by molar-refractivity contribution is 6.01. The number of hydrogen-bond donors (Lipinski definition) is 0. The molecule has 260 valence electrons. The largest absolute Gasteiger partial charge is 0.248 e. The Labute approximate surface area is 320 Å². The van der Waals surface area contributed by atoms with E-state index in [0.29, 0.717) is 17.5 Å². The zero-order valence-electron chi connectivity index (χ0n) is 30.6. The van der Waals surface area contributed by atoms with Crippen molar-refractivity contribution in [3.8, 4) is 78.8 Å².